The topological polar surface area (TPSA) is 145 Å². The van der Waals surface area contributed by atoms with Crippen molar-refractivity contribution in [2.75, 3.05) is 5.73 Å². The van der Waals surface area contributed by atoms with E-state index in [0.29, 0.717) is 22.3 Å². The van der Waals surface area contributed by atoms with Gasteiger partial charge >= 0.3 is 0 Å². The summed E-state index contributed by atoms with van der Waals surface area (Å²) in [6.07, 6.45) is 6.13. The van der Waals surface area contributed by atoms with Crippen molar-refractivity contribution >= 4 is 17.2 Å². The number of nitrogens with zero attached hydrogens (tertiary/aromatic N) is 5. The van der Waals surface area contributed by atoms with Gasteiger partial charge in [-0.2, -0.15) is 10.4 Å². The first kappa shape index (κ1) is 26.0. The number of aromatic nitrogens is 4. The fraction of sp³-hybridized carbons (Fsp3) is 0.194. The van der Waals surface area contributed by atoms with Crippen LogP contribution < -0.4 is 17.0 Å². The highest BCUT2D eigenvalue weighted by Crippen LogP contribution is 2.41. The van der Waals surface area contributed by atoms with E-state index in [1.165, 1.54) is 23.2 Å². The summed E-state index contributed by atoms with van der Waals surface area (Å²) in [5, 5.41) is 13.7. The number of carbonyl (C=O) groups is 1. The Morgan fingerprint density at radius 2 is 1.76 bits per heavy atom. The average molecular weight is 548 g/mol. The van der Waals surface area contributed by atoms with Gasteiger partial charge in [-0.25, -0.2) is 13.9 Å². The lowest BCUT2D eigenvalue weighted by Crippen LogP contribution is -2.29. The summed E-state index contributed by atoms with van der Waals surface area (Å²) >= 11 is 0. The maximum absolute atomic E-state index is 15.9. The van der Waals surface area contributed by atoms with Gasteiger partial charge in [0.2, 0.25) is 0 Å². The second-order valence-electron chi connectivity index (χ2n) is 10.2. The predicted molar refractivity (Wildman–Crippen MR) is 153 cm³/mol. The van der Waals surface area contributed by atoms with Crippen molar-refractivity contribution in [2.45, 2.75) is 31.6 Å². The molecule has 1 saturated carbocycles. The van der Waals surface area contributed by atoms with Crippen molar-refractivity contribution < 1.29 is 9.18 Å². The first-order valence-corrected chi connectivity index (χ1v) is 13.3. The third-order valence-electron chi connectivity index (χ3n) is 7.88. The molecule has 41 heavy (non-hydrogen) atoms. The number of hydrogen-bond acceptors (Lipinski definition) is 6. The molecule has 3 aromatic heterocycles. The maximum Gasteiger partial charge on any atom is 0.268 e. The molecule has 4 N–H and O–H groups in total. The van der Waals surface area contributed by atoms with Crippen LogP contribution in [-0.4, -0.2) is 25.1 Å². The first-order valence-electron chi connectivity index (χ1n) is 13.3. The molecule has 0 saturated heterocycles. The maximum atomic E-state index is 15.9. The Morgan fingerprint density at radius 1 is 1.00 bits per heavy atom. The van der Waals surface area contributed by atoms with E-state index >= 15 is 4.39 Å². The van der Waals surface area contributed by atoms with Crippen LogP contribution >= 0.6 is 0 Å². The van der Waals surface area contributed by atoms with Crippen molar-refractivity contribution in [1.29, 1.82) is 5.26 Å². The molecule has 0 unspecified atom stereocenters. The van der Waals surface area contributed by atoms with Gasteiger partial charge in [-0.1, -0.05) is 30.3 Å². The monoisotopic (exact) mass is 547 g/mol. The molecule has 0 spiro atoms. The molecular weight excluding hydrogens is 521 g/mol. The Morgan fingerprint density at radius 3 is 2.44 bits per heavy atom. The number of hydrogen-bond donors (Lipinski definition) is 2. The lowest BCUT2D eigenvalue weighted by molar-refractivity contribution is 0.0999. The number of benzene rings is 2. The number of primary amides is 1. The SMILES string of the molecule is N#CC1CCC(c2cc(-c3ccc(-c4ccn(-c5ccccc5)c(=O)c4C(N)=O)cc3F)c3c(N)ncnn23)CC1. The van der Waals surface area contributed by atoms with Crippen LogP contribution in [0.5, 0.6) is 0 Å². The van der Waals surface area contributed by atoms with E-state index in [2.05, 4.69) is 16.2 Å². The van der Waals surface area contributed by atoms with Crippen molar-refractivity contribution in [1.82, 2.24) is 19.2 Å². The Bertz CT molecular complexity index is 1900. The van der Waals surface area contributed by atoms with Crippen LogP contribution in [0.25, 0.3) is 33.5 Å². The number of rotatable bonds is 5. The minimum absolute atomic E-state index is 0.0433. The summed E-state index contributed by atoms with van der Waals surface area (Å²) in [6, 6.07) is 19.2. The molecule has 204 valence electrons. The number of para-hydroxylation sites is 1. The molecule has 1 fully saturated rings. The molecule has 0 aliphatic heterocycles. The fourth-order valence-corrected chi connectivity index (χ4v) is 5.81. The highest BCUT2D eigenvalue weighted by molar-refractivity contribution is 6.00. The lowest BCUT2D eigenvalue weighted by Gasteiger charge is -2.24. The van der Waals surface area contributed by atoms with Gasteiger partial charge in [0.05, 0.1) is 6.07 Å². The largest absolute Gasteiger partial charge is 0.382 e. The number of amides is 1. The standard InChI is InChI=1S/C31H26FN7O2/c32-25-14-20(22-12-13-38(21-4-2-1-3-5-21)31(41)27(22)30(35)40)10-11-23(25)24-15-26(19-8-6-18(16-33)7-9-19)39-28(24)29(34)36-17-37-39/h1-5,10-15,17-19H,6-9H2,(H2,35,40)(H2,34,36,37). The van der Waals surface area contributed by atoms with E-state index in [4.69, 9.17) is 11.5 Å². The Hall–Kier alpha value is -5.30. The normalized spacial score (nSPS) is 16.9. The van der Waals surface area contributed by atoms with Crippen molar-refractivity contribution in [3.05, 3.63) is 101 Å². The average Bonchev–Trinajstić information content (AvgIpc) is 3.38. The molecule has 0 radical (unpaired) electrons. The number of nitriles is 1. The third kappa shape index (κ3) is 4.51. The molecule has 5 aromatic rings. The molecular formula is C31H26FN7O2. The third-order valence-corrected chi connectivity index (χ3v) is 7.88. The van der Waals surface area contributed by atoms with Crippen LogP contribution in [0.2, 0.25) is 0 Å². The van der Waals surface area contributed by atoms with E-state index in [1.807, 2.05) is 12.1 Å². The zero-order chi connectivity index (χ0) is 28.7. The molecule has 10 heteroatoms. The van der Waals surface area contributed by atoms with Crippen LogP contribution in [0.1, 0.15) is 47.7 Å². The summed E-state index contributed by atoms with van der Waals surface area (Å²) in [5.41, 5.74) is 14.4. The van der Waals surface area contributed by atoms with Crippen LogP contribution in [0.15, 0.2) is 78.0 Å². The number of anilines is 1. The lowest BCUT2D eigenvalue weighted by atomic mass is 9.81. The molecule has 1 aliphatic rings. The molecule has 0 bridgehead atoms. The highest BCUT2D eigenvalue weighted by atomic mass is 19.1. The summed E-state index contributed by atoms with van der Waals surface area (Å²) in [7, 11) is 0. The van der Waals surface area contributed by atoms with Crippen LogP contribution in [-0.2, 0) is 0 Å². The number of fused-ring (bicyclic) bond motifs is 1. The molecule has 9 nitrogen and oxygen atoms in total. The minimum Gasteiger partial charge on any atom is -0.382 e. The quantitative estimate of drug-likeness (QED) is 0.322. The van der Waals surface area contributed by atoms with Gasteiger partial charge in [0.25, 0.3) is 11.5 Å². The number of carbonyl (C=O) groups excluding carboxylic acids is 1. The zero-order valence-corrected chi connectivity index (χ0v) is 22.0. The number of pyridine rings is 1. The van der Waals surface area contributed by atoms with Gasteiger partial charge in [-0.05, 0) is 61.6 Å². The number of nitrogen functional groups attached to an aromatic ring is 1. The zero-order valence-electron chi connectivity index (χ0n) is 22.0. The van der Waals surface area contributed by atoms with Crippen LogP contribution in [0, 0.1) is 23.1 Å². The van der Waals surface area contributed by atoms with Crippen LogP contribution in [0.3, 0.4) is 0 Å². The van der Waals surface area contributed by atoms with Gasteiger partial charge < -0.3 is 11.5 Å². The van der Waals surface area contributed by atoms with E-state index in [0.717, 1.165) is 31.4 Å². The van der Waals surface area contributed by atoms with Gasteiger partial charge in [-0.15, -0.1) is 0 Å². The molecule has 6 rings (SSSR count). The van der Waals surface area contributed by atoms with Crippen molar-refractivity contribution in [3.8, 4) is 34.0 Å². The fourth-order valence-electron chi connectivity index (χ4n) is 5.81. The second-order valence-corrected chi connectivity index (χ2v) is 10.2. The first-order chi connectivity index (χ1) is 19.9. The Labute approximate surface area is 234 Å². The van der Waals surface area contributed by atoms with E-state index < -0.39 is 17.3 Å². The number of nitrogens with two attached hydrogens (primary N) is 2. The Kier molecular flexibility index (Phi) is 6.55. The molecule has 0 atom stereocenters. The summed E-state index contributed by atoms with van der Waals surface area (Å²) in [5.74, 6) is -1.07. The summed E-state index contributed by atoms with van der Waals surface area (Å²) < 4.78 is 18.9. The Balaban J connectivity index is 1.44. The van der Waals surface area contributed by atoms with Crippen molar-refractivity contribution in [3.63, 3.8) is 0 Å². The van der Waals surface area contributed by atoms with Gasteiger partial charge in [0.1, 0.15) is 23.2 Å². The number of halogens is 1. The van der Waals surface area contributed by atoms with Crippen LogP contribution in [0.4, 0.5) is 10.2 Å². The predicted octanol–water partition coefficient (Wildman–Crippen LogP) is 4.83. The van der Waals surface area contributed by atoms with Gasteiger partial charge in [0.15, 0.2) is 5.82 Å². The van der Waals surface area contributed by atoms with Gasteiger partial charge in [-0.3, -0.25) is 14.2 Å². The second kappa shape index (κ2) is 10.4. The smallest absolute Gasteiger partial charge is 0.268 e. The minimum atomic E-state index is -0.904. The summed E-state index contributed by atoms with van der Waals surface area (Å²) in [4.78, 5) is 29.8. The molecule has 2 aromatic carbocycles. The van der Waals surface area contributed by atoms with Crippen molar-refractivity contribution in [2.24, 2.45) is 11.7 Å². The summed E-state index contributed by atoms with van der Waals surface area (Å²) in [6.45, 7) is 0. The van der Waals surface area contributed by atoms with E-state index in [-0.39, 0.29) is 34.3 Å². The highest BCUT2D eigenvalue weighted by Gasteiger charge is 2.28. The van der Waals surface area contributed by atoms with Gasteiger partial charge in [0, 0.05) is 46.1 Å². The molecule has 1 aliphatic carbocycles. The van der Waals surface area contributed by atoms with E-state index in [1.54, 1.807) is 47.0 Å². The molecule has 3 heterocycles. The molecule has 1 amide bonds. The van der Waals surface area contributed by atoms with E-state index in [9.17, 15) is 14.9 Å².